The molecule has 1 saturated heterocycles. The average molecular weight is 380 g/mol. The molecule has 2 aromatic rings. The monoisotopic (exact) mass is 380 g/mol. The number of likely N-dealkylation sites (tertiary alicyclic amines) is 1. The molecule has 3 heterocycles. The minimum Gasteiger partial charge on any atom is -0.425 e. The predicted molar refractivity (Wildman–Crippen MR) is 96.6 cm³/mol. The van der Waals surface area contributed by atoms with Crippen LogP contribution >= 0.6 is 0 Å². The third-order valence-corrected chi connectivity index (χ3v) is 5.75. The summed E-state index contributed by atoms with van der Waals surface area (Å²) in [7, 11) is 0. The van der Waals surface area contributed by atoms with Crippen LogP contribution in [0.4, 0.5) is 0 Å². The lowest BCUT2D eigenvalue weighted by Crippen LogP contribution is -2.45. The predicted octanol–water partition coefficient (Wildman–Crippen LogP) is 1.95. The van der Waals surface area contributed by atoms with Gasteiger partial charge in [0.05, 0.1) is 11.1 Å². The van der Waals surface area contributed by atoms with Gasteiger partial charge in [0.25, 0.3) is 11.8 Å². The molecule has 0 spiro atoms. The summed E-state index contributed by atoms with van der Waals surface area (Å²) in [5.41, 5.74) is 0.726. The first kappa shape index (κ1) is 17.1. The summed E-state index contributed by atoms with van der Waals surface area (Å²) in [4.78, 5) is 40.3. The third-order valence-electron chi connectivity index (χ3n) is 5.75. The van der Waals surface area contributed by atoms with Crippen LogP contribution in [0.2, 0.25) is 0 Å². The van der Waals surface area contributed by atoms with Gasteiger partial charge in [-0.1, -0.05) is 12.1 Å². The van der Waals surface area contributed by atoms with Crippen LogP contribution in [0.3, 0.4) is 0 Å². The molecule has 8 nitrogen and oxygen atoms in total. The number of amides is 3. The van der Waals surface area contributed by atoms with E-state index < -0.39 is 11.8 Å². The van der Waals surface area contributed by atoms with Crippen molar-refractivity contribution in [2.45, 2.75) is 37.5 Å². The summed E-state index contributed by atoms with van der Waals surface area (Å²) in [6.07, 6.45) is 3.71. The van der Waals surface area contributed by atoms with E-state index in [1.807, 2.05) is 0 Å². The molecule has 0 radical (unpaired) electrons. The fourth-order valence-corrected chi connectivity index (χ4v) is 3.90. The number of imide groups is 1. The lowest BCUT2D eigenvalue weighted by molar-refractivity contribution is -0.132. The SMILES string of the molecule is O=C(CN1C(=O)c2ccccc2C1=O)N1CCC(c2nnc(C3CC3)o2)CC1. The molecule has 0 N–H and O–H groups in total. The van der Waals surface area contributed by atoms with E-state index in [4.69, 9.17) is 4.42 Å². The normalized spacial score (nSPS) is 20.0. The van der Waals surface area contributed by atoms with E-state index in [2.05, 4.69) is 10.2 Å². The molecule has 5 rings (SSSR count). The fraction of sp³-hybridized carbons (Fsp3) is 0.450. The van der Waals surface area contributed by atoms with E-state index in [0.717, 1.165) is 36.5 Å². The largest absolute Gasteiger partial charge is 0.425 e. The van der Waals surface area contributed by atoms with Crippen molar-refractivity contribution in [3.63, 3.8) is 0 Å². The van der Waals surface area contributed by atoms with Crippen molar-refractivity contribution < 1.29 is 18.8 Å². The van der Waals surface area contributed by atoms with Crippen LogP contribution < -0.4 is 0 Å². The van der Waals surface area contributed by atoms with Crippen molar-refractivity contribution in [3.8, 4) is 0 Å². The Balaban J connectivity index is 1.19. The van der Waals surface area contributed by atoms with E-state index >= 15 is 0 Å². The number of fused-ring (bicyclic) bond motifs is 1. The first-order valence-corrected chi connectivity index (χ1v) is 9.68. The third kappa shape index (κ3) is 2.89. The van der Waals surface area contributed by atoms with Crippen LogP contribution in [0.1, 0.15) is 70.0 Å². The minimum atomic E-state index is -0.401. The van der Waals surface area contributed by atoms with Gasteiger partial charge in [-0.25, -0.2) is 0 Å². The topological polar surface area (TPSA) is 96.6 Å². The summed E-state index contributed by atoms with van der Waals surface area (Å²) < 4.78 is 5.79. The Morgan fingerprint density at radius 2 is 1.46 bits per heavy atom. The molecule has 1 saturated carbocycles. The summed E-state index contributed by atoms with van der Waals surface area (Å²) >= 11 is 0. The van der Waals surface area contributed by atoms with Gasteiger partial charge in [-0.3, -0.25) is 19.3 Å². The second-order valence-electron chi connectivity index (χ2n) is 7.65. The zero-order valence-electron chi connectivity index (χ0n) is 15.3. The summed E-state index contributed by atoms with van der Waals surface area (Å²) in [5, 5.41) is 8.31. The average Bonchev–Trinajstić information content (AvgIpc) is 3.42. The van der Waals surface area contributed by atoms with Crippen LogP contribution in [0.5, 0.6) is 0 Å². The maximum absolute atomic E-state index is 12.7. The Bertz CT molecular complexity index is 922. The van der Waals surface area contributed by atoms with Crippen molar-refractivity contribution in [1.29, 1.82) is 0 Å². The number of nitrogens with zero attached hydrogens (tertiary/aromatic N) is 4. The van der Waals surface area contributed by atoms with E-state index in [9.17, 15) is 14.4 Å². The zero-order chi connectivity index (χ0) is 19.3. The first-order chi connectivity index (χ1) is 13.6. The maximum Gasteiger partial charge on any atom is 0.262 e. The van der Waals surface area contributed by atoms with Crippen molar-refractivity contribution >= 4 is 17.7 Å². The van der Waals surface area contributed by atoms with Crippen LogP contribution in [0, 0.1) is 0 Å². The van der Waals surface area contributed by atoms with Crippen LogP contribution in [-0.2, 0) is 4.79 Å². The molecule has 8 heteroatoms. The van der Waals surface area contributed by atoms with E-state index in [-0.39, 0.29) is 18.4 Å². The van der Waals surface area contributed by atoms with Crippen LogP contribution in [-0.4, -0.2) is 57.4 Å². The van der Waals surface area contributed by atoms with Gasteiger partial charge in [-0.05, 0) is 37.8 Å². The van der Waals surface area contributed by atoms with Crippen molar-refractivity contribution in [3.05, 3.63) is 47.2 Å². The summed E-state index contributed by atoms with van der Waals surface area (Å²) in [5.74, 6) is 0.973. The second-order valence-corrected chi connectivity index (χ2v) is 7.65. The smallest absolute Gasteiger partial charge is 0.262 e. The zero-order valence-corrected chi connectivity index (χ0v) is 15.3. The first-order valence-electron chi connectivity index (χ1n) is 9.68. The van der Waals surface area contributed by atoms with Gasteiger partial charge >= 0.3 is 0 Å². The highest BCUT2D eigenvalue weighted by Crippen LogP contribution is 2.40. The maximum atomic E-state index is 12.7. The molecule has 3 amide bonds. The van der Waals surface area contributed by atoms with E-state index in [1.54, 1.807) is 29.2 Å². The second kappa shape index (κ2) is 6.54. The number of benzene rings is 1. The van der Waals surface area contributed by atoms with Crippen molar-refractivity contribution in [2.75, 3.05) is 19.6 Å². The lowest BCUT2D eigenvalue weighted by Gasteiger charge is -2.31. The van der Waals surface area contributed by atoms with Gasteiger partial charge in [-0.15, -0.1) is 10.2 Å². The van der Waals surface area contributed by atoms with Gasteiger partial charge in [-0.2, -0.15) is 0 Å². The number of aromatic nitrogens is 2. The molecular formula is C20H20N4O4. The highest BCUT2D eigenvalue weighted by Gasteiger charge is 2.38. The quantitative estimate of drug-likeness (QED) is 0.752. The Hall–Kier alpha value is -3.03. The molecular weight excluding hydrogens is 360 g/mol. The Morgan fingerprint density at radius 1 is 0.929 bits per heavy atom. The van der Waals surface area contributed by atoms with Gasteiger partial charge in [0.1, 0.15) is 6.54 Å². The van der Waals surface area contributed by atoms with E-state index in [0.29, 0.717) is 36.0 Å². The Labute approximate surface area is 161 Å². The molecule has 144 valence electrons. The van der Waals surface area contributed by atoms with Gasteiger partial charge in [0.2, 0.25) is 17.7 Å². The minimum absolute atomic E-state index is 0.156. The van der Waals surface area contributed by atoms with Gasteiger partial charge in [0, 0.05) is 24.9 Å². The van der Waals surface area contributed by atoms with E-state index in [1.165, 1.54) is 0 Å². The lowest BCUT2D eigenvalue weighted by atomic mass is 9.97. The Morgan fingerprint density at radius 3 is 2.00 bits per heavy atom. The molecule has 3 aliphatic rings. The Kier molecular flexibility index (Phi) is 3.99. The number of piperidine rings is 1. The number of carbonyl (C=O) groups excluding carboxylic acids is 3. The van der Waals surface area contributed by atoms with Gasteiger partial charge < -0.3 is 9.32 Å². The van der Waals surface area contributed by atoms with Gasteiger partial charge in [0.15, 0.2) is 0 Å². The molecule has 1 aromatic carbocycles. The number of rotatable bonds is 4. The van der Waals surface area contributed by atoms with Crippen LogP contribution in [0.15, 0.2) is 28.7 Å². The summed E-state index contributed by atoms with van der Waals surface area (Å²) in [6.45, 7) is 0.880. The molecule has 1 aliphatic carbocycles. The molecule has 28 heavy (non-hydrogen) atoms. The summed E-state index contributed by atoms with van der Waals surface area (Å²) in [6, 6.07) is 6.66. The number of carbonyl (C=O) groups is 3. The highest BCUT2D eigenvalue weighted by atomic mass is 16.4. The highest BCUT2D eigenvalue weighted by molar-refractivity contribution is 6.22. The van der Waals surface area contributed by atoms with Crippen molar-refractivity contribution in [2.24, 2.45) is 0 Å². The molecule has 0 bridgehead atoms. The molecule has 1 aromatic heterocycles. The molecule has 2 aliphatic heterocycles. The fourth-order valence-electron chi connectivity index (χ4n) is 3.90. The van der Waals surface area contributed by atoms with Crippen LogP contribution in [0.25, 0.3) is 0 Å². The molecule has 2 fully saturated rings. The number of hydrogen-bond donors (Lipinski definition) is 0. The number of hydrogen-bond acceptors (Lipinski definition) is 6. The molecule has 0 atom stereocenters. The molecule has 0 unspecified atom stereocenters. The van der Waals surface area contributed by atoms with Crippen molar-refractivity contribution in [1.82, 2.24) is 20.0 Å². The standard InChI is InChI=1S/C20H20N4O4/c25-16(11-24-19(26)14-3-1-2-4-15(14)20(24)27)23-9-7-13(8-10-23)18-22-21-17(28-18)12-5-6-12/h1-4,12-13H,5-11H2.